The molecule has 4 unspecified atom stereocenters. The number of hydrogen-bond acceptors (Lipinski definition) is 0. The molecule has 0 radical (unpaired) electrons. The van der Waals surface area contributed by atoms with Crippen LogP contribution in [0, 0.1) is 11.8 Å². The van der Waals surface area contributed by atoms with Crippen molar-refractivity contribution < 1.29 is 0 Å². The van der Waals surface area contributed by atoms with Crippen molar-refractivity contribution in [1.82, 2.24) is 0 Å². The van der Waals surface area contributed by atoms with Crippen LogP contribution in [-0.2, 0) is 0 Å². The van der Waals surface area contributed by atoms with Crippen molar-refractivity contribution in [3.05, 3.63) is 12.2 Å². The first-order valence-electron chi connectivity index (χ1n) is 8.08. The van der Waals surface area contributed by atoms with Crippen molar-refractivity contribution in [2.24, 2.45) is 11.8 Å². The van der Waals surface area contributed by atoms with Crippen molar-refractivity contribution in [2.75, 3.05) is 0 Å². The maximum absolute atomic E-state index is 2.45. The summed E-state index contributed by atoms with van der Waals surface area (Å²) < 4.78 is 0. The highest BCUT2D eigenvalue weighted by atomic mass is 14.4. The first-order valence-corrected chi connectivity index (χ1v) is 8.08. The van der Waals surface area contributed by atoms with Crippen LogP contribution in [0.4, 0.5) is 0 Å². The minimum absolute atomic E-state index is 1.05. The largest absolute Gasteiger partial charge is 0.127 e. The highest BCUT2D eigenvalue weighted by Gasteiger charge is 2.37. The summed E-state index contributed by atoms with van der Waals surface area (Å²) in [5, 5.41) is 0. The normalized spacial score (nSPS) is 39.9. The molecule has 2 aliphatic heterocycles. The molecule has 2 saturated heterocycles. The van der Waals surface area contributed by atoms with Crippen LogP contribution in [0.3, 0.4) is 0 Å². The van der Waals surface area contributed by atoms with Crippen LogP contribution in [0.2, 0.25) is 11.6 Å². The van der Waals surface area contributed by atoms with E-state index in [1.807, 2.05) is 13.8 Å². The predicted octanol–water partition coefficient (Wildman–Crippen LogP) is 4.98. The second kappa shape index (κ2) is 6.66. The summed E-state index contributed by atoms with van der Waals surface area (Å²) in [5.74, 6) is 4.40. The predicted molar refractivity (Wildman–Crippen MR) is 79.1 cm³/mol. The highest BCUT2D eigenvalue weighted by Crippen LogP contribution is 2.49. The Bertz CT molecular complexity index is 246. The van der Waals surface area contributed by atoms with Gasteiger partial charge in [0.05, 0.1) is 0 Å². The van der Waals surface area contributed by atoms with Crippen molar-refractivity contribution in [3.8, 4) is 0 Å². The lowest BCUT2D eigenvalue weighted by molar-refractivity contribution is 0.230. The summed E-state index contributed by atoms with van der Waals surface area (Å²) in [5.41, 5.74) is 0. The fourth-order valence-corrected chi connectivity index (χ4v) is 4.47. The molecular formula is C16H29B. The number of fused-ring (bicyclic) bond motifs is 2. The van der Waals surface area contributed by atoms with Gasteiger partial charge in [-0.2, -0.15) is 0 Å². The summed E-state index contributed by atoms with van der Waals surface area (Å²) in [6.07, 6.45) is 16.8. The Hall–Kier alpha value is -0.195. The average molecular weight is 232 g/mol. The highest BCUT2D eigenvalue weighted by molar-refractivity contribution is 6.40. The van der Waals surface area contributed by atoms with Gasteiger partial charge in [-0.05, 0) is 31.1 Å². The first-order chi connectivity index (χ1) is 8.43. The smallest absolute Gasteiger partial charge is 0.0885 e. The molecule has 0 N–H and O–H groups in total. The lowest BCUT2D eigenvalue weighted by Gasteiger charge is -2.43. The van der Waals surface area contributed by atoms with E-state index in [1.54, 1.807) is 33.0 Å². The minimum atomic E-state index is 1.05. The van der Waals surface area contributed by atoms with E-state index in [1.165, 1.54) is 25.7 Å². The zero-order valence-corrected chi connectivity index (χ0v) is 11.8. The molecule has 0 aromatic heterocycles. The van der Waals surface area contributed by atoms with Gasteiger partial charge >= 0.3 is 0 Å². The van der Waals surface area contributed by atoms with Crippen molar-refractivity contribution >= 4 is 7.28 Å². The Labute approximate surface area is 108 Å². The Kier molecular flexibility index (Phi) is 5.19. The van der Waals surface area contributed by atoms with Gasteiger partial charge in [0.15, 0.2) is 0 Å². The zero-order chi connectivity index (χ0) is 12.1. The maximum Gasteiger partial charge on any atom is 0.127 e. The summed E-state index contributed by atoms with van der Waals surface area (Å²) >= 11 is 0. The Balaban J connectivity index is 0.000000514. The van der Waals surface area contributed by atoms with E-state index in [9.17, 15) is 0 Å². The van der Waals surface area contributed by atoms with Crippen LogP contribution in [0.25, 0.3) is 0 Å². The van der Waals surface area contributed by atoms with E-state index in [4.69, 9.17) is 0 Å². The Morgan fingerprint density at radius 2 is 1.82 bits per heavy atom. The quantitative estimate of drug-likeness (QED) is 0.442. The topological polar surface area (TPSA) is 0 Å². The van der Waals surface area contributed by atoms with Crippen LogP contribution in [0.5, 0.6) is 0 Å². The van der Waals surface area contributed by atoms with Crippen LogP contribution in [0.1, 0.15) is 65.2 Å². The molecule has 2 fully saturated rings. The maximum atomic E-state index is 2.45. The van der Waals surface area contributed by atoms with Crippen LogP contribution in [-0.4, -0.2) is 7.28 Å². The van der Waals surface area contributed by atoms with Gasteiger partial charge in [-0.3, -0.25) is 0 Å². The molecule has 0 aromatic rings. The summed E-state index contributed by atoms with van der Waals surface area (Å²) in [6.45, 7) is 4.00. The molecule has 17 heavy (non-hydrogen) atoms. The van der Waals surface area contributed by atoms with E-state index in [0.29, 0.717) is 0 Å². The molecular weight excluding hydrogens is 203 g/mol. The number of allylic oxidation sites excluding steroid dienone is 2. The van der Waals surface area contributed by atoms with Gasteiger partial charge in [-0.1, -0.05) is 69.7 Å². The van der Waals surface area contributed by atoms with Gasteiger partial charge in [0.2, 0.25) is 0 Å². The van der Waals surface area contributed by atoms with Crippen molar-refractivity contribution in [3.63, 3.8) is 0 Å². The van der Waals surface area contributed by atoms with Gasteiger partial charge < -0.3 is 0 Å². The molecule has 96 valence electrons. The van der Waals surface area contributed by atoms with Crippen molar-refractivity contribution in [2.45, 2.75) is 76.8 Å². The molecule has 0 saturated carbocycles. The van der Waals surface area contributed by atoms with E-state index >= 15 is 0 Å². The SMILES string of the molecule is B1C2CCCC1C(C1CC=CCC1)CC2.CC. The third kappa shape index (κ3) is 3.17. The Morgan fingerprint density at radius 1 is 0.941 bits per heavy atom. The third-order valence-electron chi connectivity index (χ3n) is 5.25. The Morgan fingerprint density at radius 3 is 2.59 bits per heavy atom. The summed E-state index contributed by atoms with van der Waals surface area (Å²) in [7, 11) is 1.59. The number of hydrogen-bond donors (Lipinski definition) is 0. The van der Waals surface area contributed by atoms with E-state index < -0.39 is 0 Å². The molecule has 1 heteroatoms. The zero-order valence-electron chi connectivity index (χ0n) is 11.8. The van der Waals surface area contributed by atoms with Crippen LogP contribution in [0.15, 0.2) is 12.2 Å². The minimum Gasteiger partial charge on any atom is -0.0885 e. The molecule has 0 spiro atoms. The lowest BCUT2D eigenvalue weighted by atomic mass is 9.40. The van der Waals surface area contributed by atoms with Crippen LogP contribution < -0.4 is 0 Å². The molecule has 0 nitrogen and oxygen atoms in total. The monoisotopic (exact) mass is 232 g/mol. The van der Waals surface area contributed by atoms with E-state index in [2.05, 4.69) is 12.2 Å². The molecule has 3 rings (SSSR count). The van der Waals surface area contributed by atoms with Gasteiger partial charge in [-0.15, -0.1) is 0 Å². The second-order valence-electron chi connectivity index (χ2n) is 6.08. The molecule has 0 amide bonds. The fraction of sp³-hybridized carbons (Fsp3) is 0.875. The first kappa shape index (κ1) is 13.2. The number of rotatable bonds is 1. The summed E-state index contributed by atoms with van der Waals surface area (Å²) in [6, 6.07) is 0. The standard InChI is InChI=1S/C14H23B.C2H6/c1-2-5-11(6-3-1)13-10-9-12-7-4-8-14(13)15-12;1-2/h1-2,11-15H,3-10H2;1-2H3. The van der Waals surface area contributed by atoms with Crippen molar-refractivity contribution in [1.29, 1.82) is 0 Å². The van der Waals surface area contributed by atoms with Gasteiger partial charge in [0.1, 0.15) is 7.28 Å². The van der Waals surface area contributed by atoms with Crippen LogP contribution >= 0.6 is 0 Å². The molecule has 3 aliphatic rings. The summed E-state index contributed by atoms with van der Waals surface area (Å²) in [4.78, 5) is 0. The molecule has 0 aromatic carbocycles. The molecule has 2 bridgehead atoms. The van der Waals surface area contributed by atoms with E-state index in [0.717, 1.165) is 23.5 Å². The lowest BCUT2D eigenvalue weighted by Crippen LogP contribution is -2.33. The molecule has 4 atom stereocenters. The fourth-order valence-electron chi connectivity index (χ4n) is 4.47. The molecule has 1 aliphatic carbocycles. The molecule has 2 heterocycles. The average Bonchev–Trinajstić information content (AvgIpc) is 2.43. The van der Waals surface area contributed by atoms with Gasteiger partial charge in [0, 0.05) is 0 Å². The van der Waals surface area contributed by atoms with Gasteiger partial charge in [0.25, 0.3) is 0 Å². The second-order valence-corrected chi connectivity index (χ2v) is 6.08. The third-order valence-corrected chi connectivity index (χ3v) is 5.25. The van der Waals surface area contributed by atoms with Gasteiger partial charge in [-0.25, -0.2) is 0 Å². The van der Waals surface area contributed by atoms with E-state index in [-0.39, 0.29) is 0 Å².